The summed E-state index contributed by atoms with van der Waals surface area (Å²) in [5, 5.41) is 3.47. The molecule has 0 bridgehead atoms. The summed E-state index contributed by atoms with van der Waals surface area (Å²) in [7, 11) is 0. The number of pyridine rings is 1. The first-order valence-corrected chi connectivity index (χ1v) is 8.46. The van der Waals surface area contributed by atoms with E-state index in [4.69, 9.17) is 0 Å². The molecule has 2 heterocycles. The zero-order valence-corrected chi connectivity index (χ0v) is 13.9. The van der Waals surface area contributed by atoms with Crippen LogP contribution in [0.4, 0.5) is 5.82 Å². The fourth-order valence-electron chi connectivity index (χ4n) is 3.11. The minimum atomic E-state index is 0.408. The maximum Gasteiger partial charge on any atom is 0.126 e. The van der Waals surface area contributed by atoms with E-state index in [0.717, 1.165) is 45.1 Å². The number of aromatic nitrogens is 1. The van der Waals surface area contributed by atoms with Crippen LogP contribution in [0.5, 0.6) is 0 Å². The SMILES string of the molecule is C[C@@H](CN1CCN(Cc2ccccc2)CC1)Nc1ccccn1. The highest BCUT2D eigenvalue weighted by Gasteiger charge is 2.18. The van der Waals surface area contributed by atoms with Gasteiger partial charge >= 0.3 is 0 Å². The van der Waals surface area contributed by atoms with Gasteiger partial charge < -0.3 is 5.32 Å². The molecule has 1 aromatic carbocycles. The smallest absolute Gasteiger partial charge is 0.126 e. The van der Waals surface area contributed by atoms with E-state index in [1.807, 2.05) is 24.4 Å². The summed E-state index contributed by atoms with van der Waals surface area (Å²) in [5.41, 5.74) is 1.41. The lowest BCUT2D eigenvalue weighted by molar-refractivity contribution is 0.125. The van der Waals surface area contributed by atoms with Crippen LogP contribution in [0.2, 0.25) is 0 Å². The van der Waals surface area contributed by atoms with Crippen molar-refractivity contribution in [1.82, 2.24) is 14.8 Å². The van der Waals surface area contributed by atoms with Crippen molar-refractivity contribution in [2.75, 3.05) is 38.0 Å². The molecule has 2 aromatic rings. The number of benzene rings is 1. The Balaban J connectivity index is 1.40. The van der Waals surface area contributed by atoms with Crippen LogP contribution in [0, 0.1) is 0 Å². The van der Waals surface area contributed by atoms with Crippen molar-refractivity contribution >= 4 is 5.82 Å². The Morgan fingerprint density at radius 2 is 1.65 bits per heavy atom. The highest BCUT2D eigenvalue weighted by Crippen LogP contribution is 2.10. The Morgan fingerprint density at radius 3 is 2.35 bits per heavy atom. The molecule has 1 saturated heterocycles. The molecule has 4 nitrogen and oxygen atoms in total. The van der Waals surface area contributed by atoms with Gasteiger partial charge in [-0.2, -0.15) is 0 Å². The van der Waals surface area contributed by atoms with Gasteiger partial charge in [0.25, 0.3) is 0 Å². The van der Waals surface area contributed by atoms with Gasteiger partial charge in [-0.3, -0.25) is 9.80 Å². The lowest BCUT2D eigenvalue weighted by Crippen LogP contribution is -2.48. The van der Waals surface area contributed by atoms with Crippen molar-refractivity contribution in [2.24, 2.45) is 0 Å². The third-order valence-corrected chi connectivity index (χ3v) is 4.31. The van der Waals surface area contributed by atoms with Crippen molar-refractivity contribution in [3.63, 3.8) is 0 Å². The number of nitrogens with zero attached hydrogens (tertiary/aromatic N) is 3. The number of hydrogen-bond donors (Lipinski definition) is 1. The van der Waals surface area contributed by atoms with Gasteiger partial charge in [0.1, 0.15) is 5.82 Å². The summed E-state index contributed by atoms with van der Waals surface area (Å²) in [6.45, 7) is 8.93. The summed E-state index contributed by atoms with van der Waals surface area (Å²) in [5.74, 6) is 0.961. The van der Waals surface area contributed by atoms with Crippen molar-refractivity contribution < 1.29 is 0 Å². The van der Waals surface area contributed by atoms with E-state index < -0.39 is 0 Å². The molecule has 1 aromatic heterocycles. The van der Waals surface area contributed by atoms with E-state index in [1.54, 1.807) is 0 Å². The van der Waals surface area contributed by atoms with E-state index in [2.05, 4.69) is 57.4 Å². The van der Waals surface area contributed by atoms with Gasteiger partial charge in [0.15, 0.2) is 0 Å². The van der Waals surface area contributed by atoms with Crippen LogP contribution in [-0.2, 0) is 6.54 Å². The largest absolute Gasteiger partial charge is 0.366 e. The van der Waals surface area contributed by atoms with Crippen molar-refractivity contribution in [3.8, 4) is 0 Å². The van der Waals surface area contributed by atoms with E-state index in [1.165, 1.54) is 5.56 Å². The quantitative estimate of drug-likeness (QED) is 0.889. The van der Waals surface area contributed by atoms with Crippen molar-refractivity contribution in [1.29, 1.82) is 0 Å². The van der Waals surface area contributed by atoms with Gasteiger partial charge in [0, 0.05) is 51.5 Å². The fourth-order valence-corrected chi connectivity index (χ4v) is 3.11. The molecule has 0 spiro atoms. The van der Waals surface area contributed by atoms with Gasteiger partial charge in [-0.1, -0.05) is 36.4 Å². The van der Waals surface area contributed by atoms with E-state index in [9.17, 15) is 0 Å². The van der Waals surface area contributed by atoms with Crippen LogP contribution in [0.15, 0.2) is 54.7 Å². The van der Waals surface area contributed by atoms with Gasteiger partial charge in [0.2, 0.25) is 0 Å². The molecule has 0 aliphatic carbocycles. The lowest BCUT2D eigenvalue weighted by atomic mass is 10.2. The molecule has 4 heteroatoms. The normalized spacial score (nSPS) is 17.8. The molecule has 0 radical (unpaired) electrons. The Bertz CT molecular complexity index is 564. The predicted molar refractivity (Wildman–Crippen MR) is 95.5 cm³/mol. The van der Waals surface area contributed by atoms with Gasteiger partial charge in [0.05, 0.1) is 0 Å². The Kier molecular flexibility index (Phi) is 5.61. The van der Waals surface area contributed by atoms with Crippen LogP contribution in [0.3, 0.4) is 0 Å². The molecular formula is C19H26N4. The molecule has 122 valence electrons. The molecule has 3 rings (SSSR count). The van der Waals surface area contributed by atoms with Crippen LogP contribution in [-0.4, -0.2) is 53.5 Å². The summed E-state index contributed by atoms with van der Waals surface area (Å²) in [6, 6.07) is 17.1. The third-order valence-electron chi connectivity index (χ3n) is 4.31. The maximum atomic E-state index is 4.33. The summed E-state index contributed by atoms with van der Waals surface area (Å²) in [4.78, 5) is 9.42. The number of hydrogen-bond acceptors (Lipinski definition) is 4. The monoisotopic (exact) mass is 310 g/mol. The molecule has 0 unspecified atom stereocenters. The summed E-state index contributed by atoms with van der Waals surface area (Å²) >= 11 is 0. The molecule has 1 aliphatic rings. The minimum Gasteiger partial charge on any atom is -0.366 e. The van der Waals surface area contributed by atoms with Crippen LogP contribution < -0.4 is 5.32 Å². The van der Waals surface area contributed by atoms with Gasteiger partial charge in [-0.15, -0.1) is 0 Å². The second kappa shape index (κ2) is 8.09. The molecule has 1 aliphatic heterocycles. The number of anilines is 1. The van der Waals surface area contributed by atoms with E-state index in [0.29, 0.717) is 6.04 Å². The van der Waals surface area contributed by atoms with E-state index in [-0.39, 0.29) is 0 Å². The predicted octanol–water partition coefficient (Wildman–Crippen LogP) is 2.70. The van der Waals surface area contributed by atoms with Crippen molar-refractivity contribution in [2.45, 2.75) is 19.5 Å². The third kappa shape index (κ3) is 5.05. The highest BCUT2D eigenvalue weighted by atomic mass is 15.3. The molecular weight excluding hydrogens is 284 g/mol. The number of nitrogens with one attached hydrogen (secondary N) is 1. The average Bonchev–Trinajstić information content (AvgIpc) is 2.58. The number of rotatable bonds is 6. The second-order valence-corrected chi connectivity index (χ2v) is 6.32. The maximum absolute atomic E-state index is 4.33. The van der Waals surface area contributed by atoms with Crippen LogP contribution >= 0.6 is 0 Å². The Labute approximate surface area is 139 Å². The first kappa shape index (κ1) is 16.0. The van der Waals surface area contributed by atoms with Gasteiger partial charge in [-0.05, 0) is 24.6 Å². The molecule has 0 amide bonds. The molecule has 1 atom stereocenters. The lowest BCUT2D eigenvalue weighted by Gasteiger charge is -2.36. The van der Waals surface area contributed by atoms with Gasteiger partial charge in [-0.25, -0.2) is 4.98 Å². The molecule has 0 saturated carbocycles. The van der Waals surface area contributed by atoms with E-state index >= 15 is 0 Å². The average molecular weight is 310 g/mol. The topological polar surface area (TPSA) is 31.4 Å². The molecule has 23 heavy (non-hydrogen) atoms. The fraction of sp³-hybridized carbons (Fsp3) is 0.421. The van der Waals surface area contributed by atoms with Crippen LogP contribution in [0.1, 0.15) is 12.5 Å². The standard InChI is InChI=1S/C19H26N4/c1-17(21-19-9-5-6-10-20-19)15-22-11-13-23(14-12-22)16-18-7-3-2-4-8-18/h2-10,17H,11-16H2,1H3,(H,20,21)/t17-/m0/s1. The highest BCUT2D eigenvalue weighted by molar-refractivity contribution is 5.34. The first-order valence-electron chi connectivity index (χ1n) is 8.46. The zero-order chi connectivity index (χ0) is 15.9. The summed E-state index contributed by atoms with van der Waals surface area (Å²) in [6.07, 6.45) is 1.83. The van der Waals surface area contributed by atoms with Crippen LogP contribution in [0.25, 0.3) is 0 Å². The number of piperazine rings is 1. The second-order valence-electron chi connectivity index (χ2n) is 6.32. The summed E-state index contributed by atoms with van der Waals surface area (Å²) < 4.78 is 0. The molecule has 1 fully saturated rings. The minimum absolute atomic E-state index is 0.408. The Hall–Kier alpha value is -1.91. The molecule has 1 N–H and O–H groups in total. The first-order chi connectivity index (χ1) is 11.3. The Morgan fingerprint density at radius 1 is 0.957 bits per heavy atom. The zero-order valence-electron chi connectivity index (χ0n) is 13.9. The van der Waals surface area contributed by atoms with Crippen molar-refractivity contribution in [3.05, 3.63) is 60.3 Å².